The first-order valence-corrected chi connectivity index (χ1v) is 7.21. The Bertz CT molecular complexity index is 669. The predicted molar refractivity (Wildman–Crippen MR) is 82.9 cm³/mol. The Labute approximate surface area is 132 Å². The monoisotopic (exact) mass is 317 g/mol. The number of rotatable bonds is 2. The second-order valence-electron chi connectivity index (χ2n) is 5.16. The van der Waals surface area contributed by atoms with Gasteiger partial charge >= 0.3 is 6.03 Å². The number of piperazine rings is 1. The molecule has 120 valence electrons. The summed E-state index contributed by atoms with van der Waals surface area (Å²) in [5.74, 6) is -0.175. The number of urea groups is 1. The molecular weight excluding hydrogens is 301 g/mol. The van der Waals surface area contributed by atoms with Gasteiger partial charge in [-0.1, -0.05) is 0 Å². The number of aromatic hydroxyl groups is 1. The van der Waals surface area contributed by atoms with Crippen LogP contribution in [0.3, 0.4) is 0 Å². The second kappa shape index (κ2) is 6.47. The minimum atomic E-state index is -0.262. The van der Waals surface area contributed by atoms with Crippen molar-refractivity contribution >= 4 is 17.5 Å². The van der Waals surface area contributed by atoms with Crippen LogP contribution < -0.4 is 10.2 Å². The lowest BCUT2D eigenvalue weighted by Crippen LogP contribution is -2.50. The molecule has 2 amide bonds. The van der Waals surface area contributed by atoms with Crippen LogP contribution in [0.15, 0.2) is 36.4 Å². The minimum Gasteiger partial charge on any atom is -0.492 e. The van der Waals surface area contributed by atoms with E-state index in [-0.39, 0.29) is 23.5 Å². The van der Waals surface area contributed by atoms with Crippen molar-refractivity contribution in [3.05, 3.63) is 42.2 Å². The van der Waals surface area contributed by atoms with Crippen LogP contribution in [0.1, 0.15) is 0 Å². The normalized spacial score (nSPS) is 14.7. The standard InChI is InChI=1S/C15H16FN5O2/c16-11-1-3-12(4-2-11)20-7-9-21(10-8-20)15(23)17-13-5-6-14(22)19-18-13/h1-6H,7-10H2,(H,19,22)(H,17,18,23). The Morgan fingerprint density at radius 3 is 2.35 bits per heavy atom. The van der Waals surface area contributed by atoms with Crippen LogP contribution in [0.2, 0.25) is 0 Å². The molecule has 1 aliphatic heterocycles. The maximum absolute atomic E-state index is 12.9. The van der Waals surface area contributed by atoms with E-state index in [1.807, 2.05) is 0 Å². The first kappa shape index (κ1) is 15.0. The summed E-state index contributed by atoms with van der Waals surface area (Å²) in [6, 6.07) is 8.90. The fourth-order valence-electron chi connectivity index (χ4n) is 2.40. The summed E-state index contributed by atoms with van der Waals surface area (Å²) in [4.78, 5) is 15.9. The minimum absolute atomic E-state index is 0.198. The van der Waals surface area contributed by atoms with Crippen LogP contribution in [0.5, 0.6) is 5.88 Å². The van der Waals surface area contributed by atoms with Crippen LogP contribution in [-0.2, 0) is 0 Å². The molecule has 0 spiro atoms. The van der Waals surface area contributed by atoms with Gasteiger partial charge in [0.05, 0.1) is 0 Å². The molecule has 1 aliphatic rings. The number of aromatic nitrogens is 2. The maximum atomic E-state index is 12.9. The zero-order valence-corrected chi connectivity index (χ0v) is 12.3. The summed E-state index contributed by atoms with van der Waals surface area (Å²) in [7, 11) is 0. The molecule has 0 saturated carbocycles. The van der Waals surface area contributed by atoms with Gasteiger partial charge in [0.15, 0.2) is 5.82 Å². The van der Waals surface area contributed by atoms with Crippen molar-refractivity contribution < 1.29 is 14.3 Å². The SMILES string of the molecule is O=C(Nc1ccc(O)nn1)N1CCN(c2ccc(F)cc2)CC1. The molecule has 0 atom stereocenters. The summed E-state index contributed by atoms with van der Waals surface area (Å²) in [5.41, 5.74) is 0.941. The van der Waals surface area contributed by atoms with Crippen LogP contribution in [0.25, 0.3) is 0 Å². The van der Waals surface area contributed by atoms with E-state index < -0.39 is 0 Å². The topological polar surface area (TPSA) is 81.6 Å². The lowest BCUT2D eigenvalue weighted by Gasteiger charge is -2.35. The number of carbonyl (C=O) groups is 1. The van der Waals surface area contributed by atoms with E-state index >= 15 is 0 Å². The van der Waals surface area contributed by atoms with E-state index in [2.05, 4.69) is 20.4 Å². The zero-order chi connectivity index (χ0) is 16.2. The molecule has 2 aromatic rings. The highest BCUT2D eigenvalue weighted by molar-refractivity contribution is 5.88. The highest BCUT2D eigenvalue weighted by Gasteiger charge is 2.21. The Morgan fingerprint density at radius 1 is 1.04 bits per heavy atom. The Balaban J connectivity index is 1.54. The number of amides is 2. The summed E-state index contributed by atoms with van der Waals surface area (Å²) < 4.78 is 12.9. The number of benzene rings is 1. The van der Waals surface area contributed by atoms with Crippen molar-refractivity contribution in [2.45, 2.75) is 0 Å². The number of hydrogen-bond acceptors (Lipinski definition) is 5. The molecule has 8 heteroatoms. The van der Waals surface area contributed by atoms with Gasteiger partial charge in [-0.15, -0.1) is 10.2 Å². The fourth-order valence-corrected chi connectivity index (χ4v) is 2.40. The molecule has 7 nitrogen and oxygen atoms in total. The van der Waals surface area contributed by atoms with E-state index in [4.69, 9.17) is 5.11 Å². The highest BCUT2D eigenvalue weighted by Crippen LogP contribution is 2.17. The van der Waals surface area contributed by atoms with Crippen molar-refractivity contribution in [1.82, 2.24) is 15.1 Å². The number of nitrogens with zero attached hydrogens (tertiary/aromatic N) is 4. The number of hydrogen-bond donors (Lipinski definition) is 2. The van der Waals surface area contributed by atoms with E-state index in [9.17, 15) is 9.18 Å². The number of nitrogens with one attached hydrogen (secondary N) is 1. The van der Waals surface area contributed by atoms with E-state index in [0.717, 1.165) is 5.69 Å². The molecule has 0 bridgehead atoms. The summed E-state index contributed by atoms with van der Waals surface area (Å²) in [6.07, 6.45) is 0. The first-order chi connectivity index (χ1) is 11.1. The third kappa shape index (κ3) is 3.65. The quantitative estimate of drug-likeness (QED) is 0.880. The van der Waals surface area contributed by atoms with Gasteiger partial charge in [0.2, 0.25) is 5.88 Å². The lowest BCUT2D eigenvalue weighted by molar-refractivity contribution is 0.208. The Morgan fingerprint density at radius 2 is 1.74 bits per heavy atom. The van der Waals surface area contributed by atoms with Crippen LogP contribution in [0, 0.1) is 5.82 Å². The fraction of sp³-hybridized carbons (Fsp3) is 0.267. The van der Waals surface area contributed by atoms with Crippen molar-refractivity contribution in [2.75, 3.05) is 36.4 Å². The molecule has 1 fully saturated rings. The van der Waals surface area contributed by atoms with E-state index in [1.165, 1.54) is 24.3 Å². The largest absolute Gasteiger partial charge is 0.492 e. The van der Waals surface area contributed by atoms with Crippen molar-refractivity contribution in [3.63, 3.8) is 0 Å². The molecule has 2 N–H and O–H groups in total. The molecule has 1 aromatic heterocycles. The highest BCUT2D eigenvalue weighted by atomic mass is 19.1. The Kier molecular flexibility index (Phi) is 4.22. The molecule has 2 heterocycles. The molecule has 3 rings (SSSR count). The zero-order valence-electron chi connectivity index (χ0n) is 12.3. The van der Waals surface area contributed by atoms with Gasteiger partial charge in [-0.25, -0.2) is 9.18 Å². The smallest absolute Gasteiger partial charge is 0.323 e. The van der Waals surface area contributed by atoms with Crippen molar-refractivity contribution in [1.29, 1.82) is 0 Å². The molecule has 0 radical (unpaired) electrons. The van der Waals surface area contributed by atoms with Crippen LogP contribution in [-0.4, -0.2) is 52.4 Å². The van der Waals surface area contributed by atoms with Crippen molar-refractivity contribution in [3.8, 4) is 5.88 Å². The molecule has 0 unspecified atom stereocenters. The molecule has 1 aromatic carbocycles. The average Bonchev–Trinajstić information content (AvgIpc) is 2.58. The van der Waals surface area contributed by atoms with E-state index in [1.54, 1.807) is 17.0 Å². The van der Waals surface area contributed by atoms with Crippen molar-refractivity contribution in [2.24, 2.45) is 0 Å². The average molecular weight is 317 g/mol. The van der Waals surface area contributed by atoms with Crippen LogP contribution in [0.4, 0.5) is 20.7 Å². The summed E-state index contributed by atoms with van der Waals surface area (Å²) in [6.45, 7) is 2.43. The van der Waals surface area contributed by atoms with E-state index in [0.29, 0.717) is 26.2 Å². The van der Waals surface area contributed by atoms with Gasteiger partial charge in [-0.3, -0.25) is 5.32 Å². The molecule has 1 saturated heterocycles. The van der Waals surface area contributed by atoms with Gasteiger partial charge in [0.25, 0.3) is 0 Å². The molecular formula is C15H16FN5O2. The number of halogens is 1. The third-order valence-corrected chi connectivity index (χ3v) is 3.64. The van der Waals surface area contributed by atoms with Gasteiger partial charge in [0, 0.05) is 37.9 Å². The molecule has 0 aliphatic carbocycles. The summed E-state index contributed by atoms with van der Waals surface area (Å²) >= 11 is 0. The lowest BCUT2D eigenvalue weighted by atomic mass is 10.2. The van der Waals surface area contributed by atoms with Gasteiger partial charge < -0.3 is 14.9 Å². The maximum Gasteiger partial charge on any atom is 0.323 e. The Hall–Kier alpha value is -2.90. The number of anilines is 2. The third-order valence-electron chi connectivity index (χ3n) is 3.64. The van der Waals surface area contributed by atoms with Gasteiger partial charge in [0.1, 0.15) is 5.82 Å². The predicted octanol–water partition coefficient (Wildman–Crippen LogP) is 1.68. The van der Waals surface area contributed by atoms with Gasteiger partial charge in [-0.05, 0) is 30.3 Å². The number of carbonyl (C=O) groups excluding carboxylic acids is 1. The van der Waals surface area contributed by atoms with Gasteiger partial charge in [-0.2, -0.15) is 0 Å². The second-order valence-corrected chi connectivity index (χ2v) is 5.16. The first-order valence-electron chi connectivity index (χ1n) is 7.21. The van der Waals surface area contributed by atoms with Crippen LogP contribution >= 0.6 is 0 Å². The molecule has 23 heavy (non-hydrogen) atoms. The summed E-state index contributed by atoms with van der Waals surface area (Å²) in [5, 5.41) is 18.9.